The average Bonchev–Trinajstić information content (AvgIpc) is 2.61. The zero-order chi connectivity index (χ0) is 19.0. The van der Waals surface area contributed by atoms with Crippen LogP contribution >= 0.6 is 0 Å². The van der Waals surface area contributed by atoms with Gasteiger partial charge in [0, 0.05) is 19.8 Å². The second-order valence-electron chi connectivity index (χ2n) is 6.90. The molecule has 0 spiro atoms. The fourth-order valence-corrected chi connectivity index (χ4v) is 3.84. The topological polar surface area (TPSA) is 53.7 Å². The molecule has 0 aromatic rings. The van der Waals surface area contributed by atoms with E-state index >= 15 is 0 Å². The van der Waals surface area contributed by atoms with Gasteiger partial charge in [-0.15, -0.1) is 0 Å². The summed E-state index contributed by atoms with van der Waals surface area (Å²) in [7, 11) is 0. The van der Waals surface area contributed by atoms with E-state index in [1.807, 2.05) is 20.8 Å². The molecule has 0 bridgehead atoms. The van der Waals surface area contributed by atoms with Crippen molar-refractivity contribution < 1.29 is 14.2 Å². The first-order valence-electron chi connectivity index (χ1n) is 10.7. The number of rotatable bonds is 18. The van der Waals surface area contributed by atoms with E-state index < -0.39 is 5.97 Å². The quantitative estimate of drug-likeness (QED) is 0.254. The lowest BCUT2D eigenvalue weighted by molar-refractivity contribution is -0.431. The van der Waals surface area contributed by atoms with Gasteiger partial charge in [0.15, 0.2) is 0 Å². The summed E-state index contributed by atoms with van der Waals surface area (Å²) in [5.41, 5.74) is 5.70. The molecule has 0 aromatic heterocycles. The minimum absolute atomic E-state index is 0.140. The van der Waals surface area contributed by atoms with Crippen LogP contribution < -0.4 is 5.73 Å². The molecule has 0 aromatic carbocycles. The van der Waals surface area contributed by atoms with E-state index in [0.29, 0.717) is 26.4 Å². The van der Waals surface area contributed by atoms with Crippen LogP contribution in [0.5, 0.6) is 0 Å². The summed E-state index contributed by atoms with van der Waals surface area (Å²) in [6.07, 6.45) is 11.7. The molecule has 0 saturated carbocycles. The van der Waals surface area contributed by atoms with Gasteiger partial charge in [-0.05, 0) is 53.0 Å². The SMILES string of the molecule is CCCCCCCCC(CC)(CCCN)C(OCC)(OCC)OCC. The molecule has 152 valence electrons. The minimum Gasteiger partial charge on any atom is -0.330 e. The number of nitrogens with two attached hydrogens (primary N) is 1. The van der Waals surface area contributed by atoms with Crippen molar-refractivity contribution in [3.8, 4) is 0 Å². The Morgan fingerprint density at radius 3 is 1.56 bits per heavy atom. The van der Waals surface area contributed by atoms with E-state index in [4.69, 9.17) is 19.9 Å². The zero-order valence-corrected chi connectivity index (χ0v) is 17.7. The van der Waals surface area contributed by atoms with Crippen LogP contribution in [0.15, 0.2) is 0 Å². The Balaban J connectivity index is 5.25. The molecule has 0 aliphatic carbocycles. The van der Waals surface area contributed by atoms with E-state index in [0.717, 1.165) is 25.7 Å². The highest BCUT2D eigenvalue weighted by Gasteiger charge is 2.53. The van der Waals surface area contributed by atoms with Crippen LogP contribution in [-0.4, -0.2) is 32.3 Å². The second kappa shape index (κ2) is 15.0. The van der Waals surface area contributed by atoms with Gasteiger partial charge in [0.1, 0.15) is 0 Å². The second-order valence-corrected chi connectivity index (χ2v) is 6.90. The first-order chi connectivity index (χ1) is 12.1. The van der Waals surface area contributed by atoms with Crippen molar-refractivity contribution in [3.05, 3.63) is 0 Å². The summed E-state index contributed by atoms with van der Waals surface area (Å²) in [4.78, 5) is 0. The largest absolute Gasteiger partial charge is 0.330 e. The van der Waals surface area contributed by atoms with Crippen molar-refractivity contribution >= 4 is 0 Å². The Morgan fingerprint density at radius 2 is 1.12 bits per heavy atom. The van der Waals surface area contributed by atoms with Crippen molar-refractivity contribution in [1.82, 2.24) is 0 Å². The Bertz CT molecular complexity index is 282. The van der Waals surface area contributed by atoms with Crippen LogP contribution in [0, 0.1) is 5.41 Å². The molecule has 0 radical (unpaired) electrons. The third kappa shape index (κ3) is 7.94. The van der Waals surface area contributed by atoms with E-state index in [1.165, 1.54) is 38.5 Å². The zero-order valence-electron chi connectivity index (χ0n) is 17.7. The van der Waals surface area contributed by atoms with Gasteiger partial charge in [0.25, 0.3) is 5.97 Å². The lowest BCUT2D eigenvalue weighted by Crippen LogP contribution is -2.55. The summed E-state index contributed by atoms with van der Waals surface area (Å²) >= 11 is 0. The first kappa shape index (κ1) is 24.8. The molecular formula is C21H45NO3. The van der Waals surface area contributed by atoms with Crippen LogP contribution in [0.25, 0.3) is 0 Å². The Morgan fingerprint density at radius 1 is 0.640 bits per heavy atom. The van der Waals surface area contributed by atoms with Crippen molar-refractivity contribution in [2.24, 2.45) is 11.1 Å². The predicted molar refractivity (Wildman–Crippen MR) is 107 cm³/mol. The number of unbranched alkanes of at least 4 members (excludes halogenated alkanes) is 5. The fraction of sp³-hybridized carbons (Fsp3) is 1.00. The third-order valence-corrected chi connectivity index (χ3v) is 5.20. The van der Waals surface area contributed by atoms with Crippen molar-refractivity contribution in [1.29, 1.82) is 0 Å². The predicted octanol–water partition coefficient (Wildman–Crippen LogP) is 5.64. The average molecular weight is 360 g/mol. The minimum atomic E-state index is -0.946. The molecular weight excluding hydrogens is 314 g/mol. The smallest absolute Gasteiger partial charge is 0.288 e. The van der Waals surface area contributed by atoms with Crippen molar-refractivity contribution in [2.75, 3.05) is 26.4 Å². The maximum absolute atomic E-state index is 6.17. The van der Waals surface area contributed by atoms with Gasteiger partial charge >= 0.3 is 0 Å². The highest BCUT2D eigenvalue weighted by Crippen LogP contribution is 2.48. The van der Waals surface area contributed by atoms with Crippen molar-refractivity contribution in [3.63, 3.8) is 0 Å². The van der Waals surface area contributed by atoms with E-state index in [-0.39, 0.29) is 5.41 Å². The van der Waals surface area contributed by atoms with Gasteiger partial charge in [-0.25, -0.2) is 0 Å². The molecule has 0 saturated heterocycles. The van der Waals surface area contributed by atoms with E-state index in [1.54, 1.807) is 0 Å². The van der Waals surface area contributed by atoms with E-state index in [9.17, 15) is 0 Å². The Kier molecular flexibility index (Phi) is 14.9. The fourth-order valence-electron chi connectivity index (χ4n) is 3.84. The lowest BCUT2D eigenvalue weighted by Gasteiger charge is -2.48. The molecule has 0 rings (SSSR count). The monoisotopic (exact) mass is 359 g/mol. The summed E-state index contributed by atoms with van der Waals surface area (Å²) in [6, 6.07) is 0. The molecule has 1 unspecified atom stereocenters. The molecule has 0 fully saturated rings. The van der Waals surface area contributed by atoms with Gasteiger partial charge in [0.2, 0.25) is 0 Å². The Labute approximate surface area is 157 Å². The van der Waals surface area contributed by atoms with Gasteiger partial charge in [-0.3, -0.25) is 0 Å². The highest BCUT2D eigenvalue weighted by molar-refractivity contribution is 4.88. The van der Waals surface area contributed by atoms with E-state index in [2.05, 4.69) is 13.8 Å². The van der Waals surface area contributed by atoms with Gasteiger partial charge in [0.05, 0.1) is 5.41 Å². The summed E-state index contributed by atoms with van der Waals surface area (Å²) < 4.78 is 18.5. The number of hydrogen-bond acceptors (Lipinski definition) is 4. The third-order valence-electron chi connectivity index (χ3n) is 5.20. The Hall–Kier alpha value is -0.160. The molecule has 0 heterocycles. The molecule has 25 heavy (non-hydrogen) atoms. The maximum atomic E-state index is 6.17. The molecule has 1 atom stereocenters. The molecule has 4 nitrogen and oxygen atoms in total. The van der Waals surface area contributed by atoms with Crippen LogP contribution in [0.2, 0.25) is 0 Å². The first-order valence-corrected chi connectivity index (χ1v) is 10.7. The van der Waals surface area contributed by atoms with Crippen LogP contribution in [0.3, 0.4) is 0 Å². The number of ether oxygens (including phenoxy) is 3. The molecule has 0 aliphatic heterocycles. The van der Waals surface area contributed by atoms with Crippen LogP contribution in [-0.2, 0) is 14.2 Å². The molecule has 2 N–H and O–H groups in total. The molecule has 4 heteroatoms. The maximum Gasteiger partial charge on any atom is 0.288 e. The van der Waals surface area contributed by atoms with Crippen molar-refractivity contribution in [2.45, 2.75) is 105 Å². The number of hydrogen-bond donors (Lipinski definition) is 1. The lowest BCUT2D eigenvalue weighted by atomic mass is 9.73. The summed E-state index contributed by atoms with van der Waals surface area (Å²) in [5.74, 6) is -0.946. The molecule has 0 amide bonds. The summed E-state index contributed by atoms with van der Waals surface area (Å²) in [5, 5.41) is 0. The normalized spacial score (nSPS) is 14.6. The standard InChI is InChI=1S/C21H45NO3/c1-6-11-12-13-14-15-17-20(7-2,18-16-19-22)21(23-8-3,24-9-4)25-10-5/h6-19,22H2,1-5H3. The van der Waals surface area contributed by atoms with Gasteiger partial charge in [-0.1, -0.05) is 52.4 Å². The summed E-state index contributed by atoms with van der Waals surface area (Å²) in [6.45, 7) is 13.0. The van der Waals surface area contributed by atoms with Crippen LogP contribution in [0.4, 0.5) is 0 Å². The van der Waals surface area contributed by atoms with Crippen LogP contribution in [0.1, 0.15) is 98.8 Å². The molecule has 0 aliphatic rings. The van der Waals surface area contributed by atoms with Gasteiger partial charge < -0.3 is 19.9 Å². The van der Waals surface area contributed by atoms with Gasteiger partial charge in [-0.2, -0.15) is 0 Å². The highest BCUT2D eigenvalue weighted by atomic mass is 16.9.